The van der Waals surface area contributed by atoms with Gasteiger partial charge in [-0.3, -0.25) is 0 Å². The highest BCUT2D eigenvalue weighted by Gasteiger charge is 2.41. The number of benzene rings is 2. The Morgan fingerprint density at radius 2 is 1.23 bits per heavy atom. The summed E-state index contributed by atoms with van der Waals surface area (Å²) in [5.41, 5.74) is -1.73. The van der Waals surface area contributed by atoms with E-state index in [-0.39, 0.29) is 19.6 Å². The molecule has 0 fully saturated rings. The minimum Gasteiger partial charge on any atom is -0.429 e. The molecule has 2 rings (SSSR count). The Hall–Kier alpha value is -2.25. The minimum atomic E-state index is -4.55. The molecule has 0 aromatic heterocycles. The van der Waals surface area contributed by atoms with Gasteiger partial charge in [0.1, 0.15) is 22.9 Å². The molecular weight excluding hydrogens is 317 g/mol. The van der Waals surface area contributed by atoms with Crippen molar-refractivity contribution in [1.82, 2.24) is 0 Å². The number of alkyl halides is 2. The summed E-state index contributed by atoms with van der Waals surface area (Å²) in [7, 11) is 0. The van der Waals surface area contributed by atoms with Gasteiger partial charge in [-0.05, 0) is 12.1 Å². The molecule has 0 amide bonds. The van der Waals surface area contributed by atoms with Crippen LogP contribution in [0, 0.1) is 29.1 Å². The SMILES string of the molecule is C.Fc1cc(OC(F)(F)c2c(F)cccc2F)cc(F)c1F. The van der Waals surface area contributed by atoms with Crippen molar-refractivity contribution >= 4 is 0 Å². The van der Waals surface area contributed by atoms with Gasteiger partial charge in [-0.1, -0.05) is 13.5 Å². The zero-order valence-electron chi connectivity index (χ0n) is 9.94. The first-order chi connectivity index (χ1) is 9.72. The van der Waals surface area contributed by atoms with Crippen LogP contribution in [0.4, 0.5) is 30.7 Å². The number of hydrogen-bond acceptors (Lipinski definition) is 1. The van der Waals surface area contributed by atoms with Crippen LogP contribution >= 0.6 is 0 Å². The molecule has 0 atom stereocenters. The van der Waals surface area contributed by atoms with Gasteiger partial charge in [0.15, 0.2) is 17.5 Å². The van der Waals surface area contributed by atoms with Crippen LogP contribution in [0.3, 0.4) is 0 Å². The van der Waals surface area contributed by atoms with E-state index in [4.69, 9.17) is 0 Å². The molecule has 0 heterocycles. The van der Waals surface area contributed by atoms with Crippen LogP contribution in [0.25, 0.3) is 0 Å². The van der Waals surface area contributed by atoms with E-state index in [1.807, 2.05) is 0 Å². The third kappa shape index (κ3) is 3.32. The normalized spacial score (nSPS) is 11.0. The topological polar surface area (TPSA) is 9.23 Å². The lowest BCUT2D eigenvalue weighted by Crippen LogP contribution is -2.25. The molecule has 0 aliphatic rings. The summed E-state index contributed by atoms with van der Waals surface area (Å²) in [4.78, 5) is 0. The third-order valence-electron chi connectivity index (χ3n) is 2.46. The quantitative estimate of drug-likeness (QED) is 0.560. The molecule has 1 nitrogen and oxygen atoms in total. The molecule has 8 heteroatoms. The molecule has 0 aliphatic carbocycles. The van der Waals surface area contributed by atoms with Crippen LogP contribution in [0.15, 0.2) is 30.3 Å². The molecule has 2 aromatic rings. The standard InChI is InChI=1S/C13H5F7O.CH4/c14-7-2-1-3-8(15)11(7)13(19,20)21-6-4-9(16)12(18)10(17)5-6;/h1-5H;1H4. The molecule has 0 radical (unpaired) electrons. The first kappa shape index (κ1) is 17.8. The molecule has 0 aliphatic heterocycles. The van der Waals surface area contributed by atoms with Crippen molar-refractivity contribution in [3.8, 4) is 5.75 Å². The van der Waals surface area contributed by atoms with Gasteiger partial charge in [-0.2, -0.15) is 8.78 Å². The largest absolute Gasteiger partial charge is 0.432 e. The summed E-state index contributed by atoms with van der Waals surface area (Å²) < 4.78 is 96.3. The smallest absolute Gasteiger partial charge is 0.429 e. The van der Waals surface area contributed by atoms with E-state index in [9.17, 15) is 30.7 Å². The van der Waals surface area contributed by atoms with E-state index in [1.165, 1.54) is 0 Å². The minimum absolute atomic E-state index is 0. The second-order valence-corrected chi connectivity index (χ2v) is 3.92. The Bertz CT molecular complexity index is 642. The zero-order valence-corrected chi connectivity index (χ0v) is 9.94. The lowest BCUT2D eigenvalue weighted by atomic mass is 10.2. The van der Waals surface area contributed by atoms with Crippen molar-refractivity contribution in [2.75, 3.05) is 0 Å². The van der Waals surface area contributed by atoms with Crippen molar-refractivity contribution in [2.45, 2.75) is 13.5 Å². The number of ether oxygens (including phenoxy) is 1. The van der Waals surface area contributed by atoms with Gasteiger partial charge in [0.25, 0.3) is 0 Å². The van der Waals surface area contributed by atoms with Crippen LogP contribution in [-0.4, -0.2) is 0 Å². The Morgan fingerprint density at radius 3 is 1.68 bits per heavy atom. The maximum absolute atomic E-state index is 13.7. The first-order valence-electron chi connectivity index (χ1n) is 5.38. The molecule has 22 heavy (non-hydrogen) atoms. The molecule has 0 unspecified atom stereocenters. The summed E-state index contributed by atoms with van der Waals surface area (Å²) in [5, 5.41) is 0. The van der Waals surface area contributed by atoms with Crippen LogP contribution in [0.1, 0.15) is 13.0 Å². The average Bonchev–Trinajstić information content (AvgIpc) is 2.34. The van der Waals surface area contributed by atoms with Crippen LogP contribution in [0.2, 0.25) is 0 Å². The average molecular weight is 326 g/mol. The molecule has 0 saturated heterocycles. The van der Waals surface area contributed by atoms with Crippen molar-refractivity contribution in [2.24, 2.45) is 0 Å². The molecule has 0 spiro atoms. The molecule has 0 saturated carbocycles. The Kier molecular flexibility index (Phi) is 5.05. The Labute approximate surface area is 120 Å². The van der Waals surface area contributed by atoms with E-state index in [0.717, 1.165) is 6.07 Å². The third-order valence-corrected chi connectivity index (χ3v) is 2.46. The van der Waals surface area contributed by atoms with Gasteiger partial charge in [0.2, 0.25) is 0 Å². The summed E-state index contributed by atoms with van der Waals surface area (Å²) in [5.74, 6) is -9.79. The van der Waals surface area contributed by atoms with Gasteiger partial charge in [-0.25, -0.2) is 22.0 Å². The molecule has 0 N–H and O–H groups in total. The van der Waals surface area contributed by atoms with Gasteiger partial charge in [-0.15, -0.1) is 0 Å². The van der Waals surface area contributed by atoms with E-state index in [0.29, 0.717) is 12.1 Å². The van der Waals surface area contributed by atoms with Crippen molar-refractivity contribution in [1.29, 1.82) is 0 Å². The van der Waals surface area contributed by atoms with Crippen LogP contribution in [-0.2, 0) is 6.11 Å². The summed E-state index contributed by atoms with van der Waals surface area (Å²) in [6.45, 7) is 0. The lowest BCUT2D eigenvalue weighted by molar-refractivity contribution is -0.189. The second kappa shape index (κ2) is 6.25. The molecule has 0 bridgehead atoms. The zero-order chi connectivity index (χ0) is 15.8. The van der Waals surface area contributed by atoms with E-state index in [2.05, 4.69) is 4.74 Å². The predicted molar refractivity (Wildman–Crippen MR) is 63.9 cm³/mol. The summed E-state index contributed by atoms with van der Waals surface area (Å²) >= 11 is 0. The molecule has 120 valence electrons. The maximum atomic E-state index is 13.7. The van der Waals surface area contributed by atoms with Gasteiger partial charge in [0, 0.05) is 12.1 Å². The van der Waals surface area contributed by atoms with Crippen molar-refractivity contribution in [3.63, 3.8) is 0 Å². The predicted octanol–water partition coefficient (Wildman–Crippen LogP) is 5.15. The van der Waals surface area contributed by atoms with Gasteiger partial charge < -0.3 is 4.74 Å². The van der Waals surface area contributed by atoms with Gasteiger partial charge >= 0.3 is 6.11 Å². The van der Waals surface area contributed by atoms with E-state index < -0.39 is 46.5 Å². The number of halogens is 7. The highest BCUT2D eigenvalue weighted by molar-refractivity contribution is 5.28. The second-order valence-electron chi connectivity index (χ2n) is 3.92. The lowest BCUT2D eigenvalue weighted by Gasteiger charge is -2.19. The monoisotopic (exact) mass is 326 g/mol. The molecule has 2 aromatic carbocycles. The highest BCUT2D eigenvalue weighted by atomic mass is 19.3. The van der Waals surface area contributed by atoms with Crippen molar-refractivity contribution < 1.29 is 35.5 Å². The molecular formula is C14H9F7O. The van der Waals surface area contributed by atoms with E-state index in [1.54, 1.807) is 0 Å². The van der Waals surface area contributed by atoms with Crippen LogP contribution in [0.5, 0.6) is 5.75 Å². The van der Waals surface area contributed by atoms with Crippen LogP contribution < -0.4 is 4.74 Å². The van der Waals surface area contributed by atoms with Gasteiger partial charge in [0.05, 0.1) is 0 Å². The summed E-state index contributed by atoms with van der Waals surface area (Å²) in [6, 6.07) is 2.22. The fraction of sp³-hybridized carbons (Fsp3) is 0.143. The first-order valence-corrected chi connectivity index (χ1v) is 5.38. The maximum Gasteiger partial charge on any atom is 0.432 e. The number of rotatable bonds is 3. The fourth-order valence-corrected chi connectivity index (χ4v) is 1.57. The summed E-state index contributed by atoms with van der Waals surface area (Å²) in [6.07, 6.45) is -4.55. The Morgan fingerprint density at radius 1 is 0.773 bits per heavy atom. The Balaban J connectivity index is 0.00000242. The van der Waals surface area contributed by atoms with E-state index >= 15 is 0 Å². The highest BCUT2D eigenvalue weighted by Crippen LogP contribution is 2.35. The number of hydrogen-bond donors (Lipinski definition) is 0. The fourth-order valence-electron chi connectivity index (χ4n) is 1.57. The van der Waals surface area contributed by atoms with Crippen molar-refractivity contribution in [3.05, 3.63) is 65.0 Å².